The van der Waals surface area contributed by atoms with E-state index in [-0.39, 0.29) is 49.6 Å². The summed E-state index contributed by atoms with van der Waals surface area (Å²) in [7, 11) is 3.07. The topological polar surface area (TPSA) is 228 Å². The summed E-state index contributed by atoms with van der Waals surface area (Å²) in [6.07, 6.45) is -14.2. The molecule has 19 nitrogen and oxygen atoms in total. The summed E-state index contributed by atoms with van der Waals surface area (Å²) in [6, 6.07) is 37.5. The zero-order valence-electron chi connectivity index (χ0n) is 39.5. The third-order valence-electron chi connectivity index (χ3n) is 11.9. The molecule has 3 saturated heterocycles. The van der Waals surface area contributed by atoms with E-state index < -0.39 is 85.5 Å². The Hall–Kier alpha value is -7.35. The second kappa shape index (κ2) is 24.7. The van der Waals surface area contributed by atoms with E-state index in [0.717, 1.165) is 5.56 Å². The lowest BCUT2D eigenvalue weighted by molar-refractivity contribution is -0.370. The largest absolute Gasteiger partial charge is 0.497 e. The molecular weight excluding hydrogens is 935 g/mol. The van der Waals surface area contributed by atoms with Gasteiger partial charge in [0.2, 0.25) is 6.29 Å². The first-order valence-corrected chi connectivity index (χ1v) is 23.2. The fourth-order valence-corrected chi connectivity index (χ4v) is 8.28. The number of nitrogens with zero attached hydrogens (tertiary/aromatic N) is 3. The Bertz CT molecular complexity index is 2620. The molecule has 3 aliphatic heterocycles. The second-order valence-electron chi connectivity index (χ2n) is 16.8. The van der Waals surface area contributed by atoms with Crippen LogP contribution >= 0.6 is 0 Å². The predicted octanol–water partition coefficient (Wildman–Crippen LogP) is 7.66. The Labute approximate surface area is 414 Å². The molecule has 0 amide bonds. The monoisotopic (exact) mass is 987 g/mol. The molecule has 376 valence electrons. The number of Topliss-reactive ketones (excluding diaryl/α,β-unsaturated/α-hetero) is 1. The smallest absolute Gasteiger partial charge is 0.338 e. The van der Waals surface area contributed by atoms with Crippen molar-refractivity contribution in [1.82, 2.24) is 0 Å². The van der Waals surface area contributed by atoms with Gasteiger partial charge in [-0.2, -0.15) is 0 Å². The van der Waals surface area contributed by atoms with E-state index in [9.17, 15) is 24.7 Å². The molecule has 3 aliphatic rings. The summed E-state index contributed by atoms with van der Waals surface area (Å²) >= 11 is 0. The van der Waals surface area contributed by atoms with E-state index >= 15 is 0 Å². The minimum Gasteiger partial charge on any atom is -0.497 e. The Morgan fingerprint density at radius 3 is 1.82 bits per heavy atom. The van der Waals surface area contributed by atoms with Gasteiger partial charge in [-0.15, -0.1) is 0 Å². The van der Waals surface area contributed by atoms with Crippen LogP contribution in [-0.4, -0.2) is 112 Å². The molecule has 8 rings (SSSR count). The number of benzene rings is 5. The minimum absolute atomic E-state index is 0.0308. The molecule has 0 aliphatic carbocycles. The van der Waals surface area contributed by atoms with Crippen molar-refractivity contribution in [2.24, 2.45) is 5.11 Å². The van der Waals surface area contributed by atoms with Crippen molar-refractivity contribution in [1.29, 1.82) is 0 Å². The van der Waals surface area contributed by atoms with Crippen molar-refractivity contribution in [3.8, 4) is 17.2 Å². The van der Waals surface area contributed by atoms with Crippen LogP contribution in [0.25, 0.3) is 10.4 Å². The summed E-state index contributed by atoms with van der Waals surface area (Å²) in [5.41, 5.74) is 11.8. The van der Waals surface area contributed by atoms with Gasteiger partial charge in [-0.3, -0.25) is 4.79 Å². The van der Waals surface area contributed by atoms with Gasteiger partial charge in [0.15, 0.2) is 30.9 Å². The number of fused-ring (bicyclic) bond motifs is 1. The van der Waals surface area contributed by atoms with Crippen LogP contribution in [0.4, 0.5) is 0 Å². The first kappa shape index (κ1) is 51.0. The van der Waals surface area contributed by atoms with Gasteiger partial charge in [-0.1, -0.05) is 84.0 Å². The lowest BCUT2D eigenvalue weighted by Crippen LogP contribution is -2.67. The zero-order chi connectivity index (χ0) is 50.4. The molecule has 0 spiro atoms. The maximum absolute atomic E-state index is 14.3. The number of hydrogen-bond acceptors (Lipinski definition) is 17. The normalized spacial score (nSPS) is 25.6. The lowest BCUT2D eigenvalue weighted by atomic mass is 9.94. The number of azide groups is 1. The van der Waals surface area contributed by atoms with Crippen LogP contribution in [-0.2, 0) is 58.8 Å². The summed E-state index contributed by atoms with van der Waals surface area (Å²) < 4.78 is 75.0. The predicted molar refractivity (Wildman–Crippen MR) is 252 cm³/mol. The minimum atomic E-state index is -1.74. The number of ketones is 1. The molecule has 3 heterocycles. The Morgan fingerprint density at radius 1 is 0.639 bits per heavy atom. The SMILES string of the molecule is COc1ccc(COC[C@H]2O[C@@H](O[C@@H]3[C@@H](N=[N+]=[N-])[C@@H](Oc4ccc(OC)cc4)O[C@@H]4COC(c5ccccc5)O[C@H]34)[C@H](OC(=O)c3ccccc3)[C@@H](OC(=O)c3ccccc3)[C@@H]2OC(=O)CCC(C)=O)cc1. The Kier molecular flexibility index (Phi) is 17.5. The average Bonchev–Trinajstić information content (AvgIpc) is 3.41. The highest BCUT2D eigenvalue weighted by atomic mass is 16.8. The van der Waals surface area contributed by atoms with Crippen LogP contribution in [0.2, 0.25) is 0 Å². The number of hydrogen-bond donors (Lipinski definition) is 0. The Morgan fingerprint density at radius 2 is 1.22 bits per heavy atom. The fourth-order valence-electron chi connectivity index (χ4n) is 8.28. The highest BCUT2D eigenvalue weighted by molar-refractivity contribution is 5.90. The van der Waals surface area contributed by atoms with E-state index in [1.54, 1.807) is 92.0 Å². The summed E-state index contributed by atoms with van der Waals surface area (Å²) in [6.45, 7) is 0.992. The van der Waals surface area contributed by atoms with E-state index in [4.69, 9.17) is 56.8 Å². The van der Waals surface area contributed by atoms with Gasteiger partial charge < -0.3 is 61.6 Å². The standard InChI is InChI=1S/C53H53N3O16/c1-32(57)19-28-42(58)68-45-40(30-63-29-33-20-22-37(61-2)23-21-33)67-53(48(70-50(60)35-15-9-5-10-16-35)47(45)69-49(59)34-13-7-4-8-14-34)72-46-43(55-56-54)52(65-39-26-24-38(62-3)25-27-39)66-41-31-64-51(71-44(41)46)36-17-11-6-12-18-36/h4-18,20-27,40-41,43-48,51-53H,19,28-31H2,1-3H3/t40-,41-,43-,44+,45-,46-,47+,48-,51?,52+,53+/m1/s1. The summed E-state index contributed by atoms with van der Waals surface area (Å²) in [5.74, 6) is -1.39. The van der Waals surface area contributed by atoms with E-state index in [2.05, 4.69) is 10.0 Å². The molecule has 0 aromatic heterocycles. The quantitative estimate of drug-likeness (QED) is 0.0240. The van der Waals surface area contributed by atoms with E-state index in [1.807, 2.05) is 30.3 Å². The van der Waals surface area contributed by atoms with Crippen molar-refractivity contribution in [3.63, 3.8) is 0 Å². The number of esters is 3. The number of carbonyl (C=O) groups is 4. The zero-order valence-corrected chi connectivity index (χ0v) is 39.5. The van der Waals surface area contributed by atoms with Crippen molar-refractivity contribution < 1.29 is 76.0 Å². The molecule has 0 N–H and O–H groups in total. The summed E-state index contributed by atoms with van der Waals surface area (Å²) in [5, 5.41) is 4.16. The number of methoxy groups -OCH3 is 2. The van der Waals surface area contributed by atoms with Crippen molar-refractivity contribution in [3.05, 3.63) is 172 Å². The number of ether oxygens (including phenoxy) is 12. The van der Waals surface area contributed by atoms with E-state index in [0.29, 0.717) is 22.8 Å². The third-order valence-corrected chi connectivity index (χ3v) is 11.9. The van der Waals surface area contributed by atoms with Gasteiger partial charge in [0.1, 0.15) is 53.5 Å². The van der Waals surface area contributed by atoms with Crippen LogP contribution in [0.15, 0.2) is 145 Å². The van der Waals surface area contributed by atoms with Gasteiger partial charge >= 0.3 is 17.9 Å². The molecule has 19 heteroatoms. The second-order valence-corrected chi connectivity index (χ2v) is 16.8. The maximum atomic E-state index is 14.3. The number of rotatable bonds is 20. The van der Waals surface area contributed by atoms with Gasteiger partial charge in [-0.05, 0) is 78.7 Å². The molecule has 72 heavy (non-hydrogen) atoms. The van der Waals surface area contributed by atoms with Crippen LogP contribution in [0.3, 0.4) is 0 Å². The van der Waals surface area contributed by atoms with Crippen molar-refractivity contribution in [2.45, 2.75) is 94.0 Å². The lowest BCUT2D eigenvalue weighted by Gasteiger charge is -2.50. The molecule has 5 aromatic carbocycles. The first-order valence-electron chi connectivity index (χ1n) is 23.2. The molecule has 0 radical (unpaired) electrons. The van der Waals surface area contributed by atoms with Gasteiger partial charge in [0, 0.05) is 16.9 Å². The molecule has 5 aromatic rings. The molecular formula is C53H53N3O16. The third kappa shape index (κ3) is 12.9. The van der Waals surface area contributed by atoms with Crippen LogP contribution < -0.4 is 14.2 Å². The molecule has 0 saturated carbocycles. The van der Waals surface area contributed by atoms with Crippen LogP contribution in [0.1, 0.15) is 57.9 Å². The van der Waals surface area contributed by atoms with Crippen molar-refractivity contribution in [2.75, 3.05) is 27.4 Å². The van der Waals surface area contributed by atoms with Gasteiger partial charge in [-0.25, -0.2) is 9.59 Å². The number of carbonyl (C=O) groups excluding carboxylic acids is 4. The Balaban J connectivity index is 1.22. The van der Waals surface area contributed by atoms with E-state index in [1.165, 1.54) is 38.3 Å². The molecule has 1 unspecified atom stereocenters. The van der Waals surface area contributed by atoms with Crippen molar-refractivity contribution >= 4 is 23.7 Å². The van der Waals surface area contributed by atoms with Crippen LogP contribution in [0.5, 0.6) is 17.2 Å². The molecule has 11 atom stereocenters. The maximum Gasteiger partial charge on any atom is 0.338 e. The van der Waals surface area contributed by atoms with Gasteiger partial charge in [0.25, 0.3) is 0 Å². The van der Waals surface area contributed by atoms with Gasteiger partial charge in [0.05, 0.1) is 51.6 Å². The first-order chi connectivity index (χ1) is 35.1. The molecule has 3 fully saturated rings. The fraction of sp³-hybridized carbons (Fsp3) is 0.358. The average molecular weight is 988 g/mol. The molecule has 0 bridgehead atoms. The highest BCUT2D eigenvalue weighted by Crippen LogP contribution is 2.40. The van der Waals surface area contributed by atoms with Crippen LogP contribution in [0, 0.1) is 0 Å². The highest BCUT2D eigenvalue weighted by Gasteiger charge is 2.58. The summed E-state index contributed by atoms with van der Waals surface area (Å²) in [4.78, 5) is 57.6.